The lowest BCUT2D eigenvalue weighted by Gasteiger charge is -2.33. The molecule has 124 valence electrons. The molecule has 23 heavy (non-hydrogen) atoms. The highest BCUT2D eigenvalue weighted by Gasteiger charge is 2.35. The lowest BCUT2D eigenvalue weighted by Crippen LogP contribution is -2.39. The van der Waals surface area contributed by atoms with Gasteiger partial charge in [-0.3, -0.25) is 4.74 Å². The maximum absolute atomic E-state index is 11.6. The van der Waals surface area contributed by atoms with Crippen molar-refractivity contribution < 1.29 is 23.7 Å². The lowest BCUT2D eigenvalue weighted by molar-refractivity contribution is -0.378. The third-order valence-corrected chi connectivity index (χ3v) is 3.11. The van der Waals surface area contributed by atoms with Gasteiger partial charge in [-0.2, -0.15) is 0 Å². The molecule has 2 aliphatic rings. The van der Waals surface area contributed by atoms with E-state index in [1.54, 1.807) is 20.8 Å². The maximum Gasteiger partial charge on any atom is 0.371 e. The number of carbonyl (C=O) groups is 1. The van der Waals surface area contributed by atoms with Crippen molar-refractivity contribution in [3.63, 3.8) is 0 Å². The first-order valence-electron chi connectivity index (χ1n) is 7.52. The molecule has 0 aromatic rings. The Labute approximate surface area is 136 Å². The molecule has 0 bridgehead atoms. The molecular formula is C18H22O5. The van der Waals surface area contributed by atoms with Gasteiger partial charge in [-0.15, -0.1) is 0 Å². The molecule has 0 aliphatic heterocycles. The molecule has 0 spiro atoms. The average Bonchev–Trinajstić information content (AvgIpc) is 3.11. The van der Waals surface area contributed by atoms with Crippen LogP contribution >= 0.6 is 0 Å². The van der Waals surface area contributed by atoms with Gasteiger partial charge in [0.1, 0.15) is 11.5 Å². The van der Waals surface area contributed by atoms with Crippen molar-refractivity contribution in [2.45, 2.75) is 45.9 Å². The molecule has 5 heteroatoms. The summed E-state index contributed by atoms with van der Waals surface area (Å²) in [6.07, 6.45) is 11.9. The van der Waals surface area contributed by atoms with Crippen molar-refractivity contribution in [2.75, 3.05) is 0 Å². The first-order valence-corrected chi connectivity index (χ1v) is 7.52. The van der Waals surface area contributed by atoms with Gasteiger partial charge in [-0.05, 0) is 26.0 Å². The van der Waals surface area contributed by atoms with Gasteiger partial charge in [-0.25, -0.2) is 4.79 Å². The SMILES string of the molecule is C=C(C)C(=O)OC(C)OC(C)(OC1=CC=CC1)OC1=CC=CC1. The minimum Gasteiger partial charge on any atom is -0.434 e. The average molecular weight is 318 g/mol. The molecule has 2 rings (SSSR count). The predicted molar refractivity (Wildman–Crippen MR) is 85.7 cm³/mol. The molecule has 0 N–H and O–H groups in total. The standard InChI is InChI=1S/C18H22O5/c1-13(2)17(19)20-14(3)21-18(4,22-15-9-5-6-10-15)23-16-11-7-8-12-16/h5-9,11,14H,1,10,12H2,2-4H3. The molecule has 2 aliphatic carbocycles. The number of rotatable bonds is 8. The molecule has 0 fully saturated rings. The third-order valence-electron chi connectivity index (χ3n) is 3.11. The monoisotopic (exact) mass is 318 g/mol. The Kier molecular flexibility index (Phi) is 5.45. The molecule has 0 heterocycles. The van der Waals surface area contributed by atoms with Crippen LogP contribution in [0.15, 0.2) is 60.1 Å². The van der Waals surface area contributed by atoms with E-state index in [0.717, 1.165) is 11.5 Å². The van der Waals surface area contributed by atoms with Crippen molar-refractivity contribution in [3.05, 3.63) is 60.1 Å². The molecule has 0 amide bonds. The van der Waals surface area contributed by atoms with Crippen LogP contribution < -0.4 is 0 Å². The number of allylic oxidation sites excluding steroid dienone is 6. The number of hydrogen-bond donors (Lipinski definition) is 0. The van der Waals surface area contributed by atoms with Gasteiger partial charge in [-0.1, -0.05) is 30.9 Å². The van der Waals surface area contributed by atoms with Crippen molar-refractivity contribution >= 4 is 5.97 Å². The molecule has 1 atom stereocenters. The number of ether oxygens (including phenoxy) is 4. The van der Waals surface area contributed by atoms with Crippen molar-refractivity contribution in [1.29, 1.82) is 0 Å². The second kappa shape index (κ2) is 7.33. The largest absolute Gasteiger partial charge is 0.434 e. The fraction of sp³-hybridized carbons (Fsp3) is 0.389. The number of hydrogen-bond acceptors (Lipinski definition) is 5. The molecule has 5 nitrogen and oxygen atoms in total. The summed E-state index contributed by atoms with van der Waals surface area (Å²) in [6.45, 7) is 8.37. The van der Waals surface area contributed by atoms with Crippen LogP contribution in [0, 0.1) is 0 Å². The first-order chi connectivity index (χ1) is 10.9. The van der Waals surface area contributed by atoms with Gasteiger partial charge in [0.25, 0.3) is 0 Å². The van der Waals surface area contributed by atoms with E-state index in [4.69, 9.17) is 18.9 Å². The summed E-state index contributed by atoms with van der Waals surface area (Å²) in [7, 11) is 0. The zero-order valence-corrected chi connectivity index (χ0v) is 13.7. The number of esters is 1. The quantitative estimate of drug-likeness (QED) is 0.386. The Bertz CT molecular complexity index is 563. The summed E-state index contributed by atoms with van der Waals surface area (Å²) in [4.78, 5) is 11.6. The van der Waals surface area contributed by atoms with Crippen LogP contribution in [-0.4, -0.2) is 18.2 Å². The Morgan fingerprint density at radius 2 is 1.70 bits per heavy atom. The Morgan fingerprint density at radius 3 is 2.09 bits per heavy atom. The Hall–Kier alpha value is -2.27. The van der Waals surface area contributed by atoms with Crippen molar-refractivity contribution in [3.8, 4) is 0 Å². The minimum absolute atomic E-state index is 0.300. The Balaban J connectivity index is 2.02. The van der Waals surface area contributed by atoms with Gasteiger partial charge in [0, 0.05) is 25.3 Å². The number of carbonyl (C=O) groups excluding carboxylic acids is 1. The normalized spacial score (nSPS) is 17.5. The molecule has 1 unspecified atom stereocenters. The lowest BCUT2D eigenvalue weighted by atomic mass is 10.4. The van der Waals surface area contributed by atoms with E-state index in [-0.39, 0.29) is 0 Å². The summed E-state index contributed by atoms with van der Waals surface area (Å²) >= 11 is 0. The highest BCUT2D eigenvalue weighted by atomic mass is 16.9. The third kappa shape index (κ3) is 5.14. The van der Waals surface area contributed by atoms with E-state index in [1.165, 1.54) is 0 Å². The van der Waals surface area contributed by atoms with Crippen molar-refractivity contribution in [1.82, 2.24) is 0 Å². The van der Waals surface area contributed by atoms with E-state index in [2.05, 4.69) is 6.58 Å². The van der Waals surface area contributed by atoms with Crippen LogP contribution in [0.5, 0.6) is 0 Å². The zero-order chi connectivity index (χ0) is 16.9. The summed E-state index contributed by atoms with van der Waals surface area (Å²) < 4.78 is 22.6. The van der Waals surface area contributed by atoms with E-state index in [9.17, 15) is 4.79 Å². The van der Waals surface area contributed by atoms with Gasteiger partial charge in [0.15, 0.2) is 0 Å². The van der Waals surface area contributed by atoms with Crippen LogP contribution in [0.2, 0.25) is 0 Å². The second-order valence-corrected chi connectivity index (χ2v) is 5.47. The van der Waals surface area contributed by atoms with E-state index < -0.39 is 18.2 Å². The minimum atomic E-state index is -1.40. The van der Waals surface area contributed by atoms with Gasteiger partial charge < -0.3 is 14.2 Å². The van der Waals surface area contributed by atoms with Crippen LogP contribution in [0.25, 0.3) is 0 Å². The fourth-order valence-corrected chi connectivity index (χ4v) is 2.13. The Morgan fingerprint density at radius 1 is 1.17 bits per heavy atom. The first kappa shape index (κ1) is 17.1. The van der Waals surface area contributed by atoms with E-state index >= 15 is 0 Å². The van der Waals surface area contributed by atoms with Crippen LogP contribution in [0.3, 0.4) is 0 Å². The van der Waals surface area contributed by atoms with Gasteiger partial charge in [0.05, 0.1) is 0 Å². The van der Waals surface area contributed by atoms with Crippen molar-refractivity contribution in [2.24, 2.45) is 0 Å². The summed E-state index contributed by atoms with van der Waals surface area (Å²) in [6, 6.07) is 0. The van der Waals surface area contributed by atoms with Gasteiger partial charge >= 0.3 is 11.9 Å². The van der Waals surface area contributed by atoms with Crippen LogP contribution in [0.1, 0.15) is 33.6 Å². The zero-order valence-electron chi connectivity index (χ0n) is 13.7. The summed E-state index contributed by atoms with van der Waals surface area (Å²) in [5.74, 6) is -0.483. The van der Waals surface area contributed by atoms with Crippen LogP contribution in [-0.2, 0) is 23.7 Å². The molecule has 0 radical (unpaired) electrons. The summed E-state index contributed by atoms with van der Waals surface area (Å²) in [5.41, 5.74) is 0.300. The van der Waals surface area contributed by atoms with E-state index in [1.807, 2.05) is 36.5 Å². The molecule has 0 aromatic carbocycles. The topological polar surface area (TPSA) is 54.0 Å². The highest BCUT2D eigenvalue weighted by Crippen LogP contribution is 2.29. The van der Waals surface area contributed by atoms with E-state index in [0.29, 0.717) is 18.4 Å². The fourth-order valence-electron chi connectivity index (χ4n) is 2.13. The van der Waals surface area contributed by atoms with Gasteiger partial charge in [0.2, 0.25) is 6.29 Å². The predicted octanol–water partition coefficient (Wildman–Crippen LogP) is 3.86. The summed E-state index contributed by atoms with van der Waals surface area (Å²) in [5, 5.41) is 0. The second-order valence-electron chi connectivity index (χ2n) is 5.47. The molecule has 0 saturated carbocycles. The molecule has 0 saturated heterocycles. The molecular weight excluding hydrogens is 296 g/mol. The molecule has 0 aromatic heterocycles. The van der Waals surface area contributed by atoms with Crippen LogP contribution in [0.4, 0.5) is 0 Å². The smallest absolute Gasteiger partial charge is 0.371 e. The highest BCUT2D eigenvalue weighted by molar-refractivity contribution is 5.86. The maximum atomic E-state index is 11.6.